The number of ether oxygens (including phenoxy) is 2. The summed E-state index contributed by atoms with van der Waals surface area (Å²) in [4.78, 5) is 13.3. The lowest BCUT2D eigenvalue weighted by atomic mass is 9.91. The van der Waals surface area contributed by atoms with Gasteiger partial charge in [-0.2, -0.15) is 8.42 Å². The first kappa shape index (κ1) is 17.2. The maximum absolute atomic E-state index is 13.0. The van der Waals surface area contributed by atoms with Gasteiger partial charge in [0.1, 0.15) is 5.60 Å². The Morgan fingerprint density at radius 1 is 1.40 bits per heavy atom. The summed E-state index contributed by atoms with van der Waals surface area (Å²) in [6.07, 6.45) is -0.157. The SMILES string of the molecule is COCC1(CS(=O)(=O)F)CCN(C(=O)OC(C)(C)C)C1. The second kappa shape index (κ2) is 5.85. The summed E-state index contributed by atoms with van der Waals surface area (Å²) in [5.41, 5.74) is -1.53. The predicted octanol–water partition coefficient (Wildman–Crippen LogP) is 1.56. The molecule has 6 nitrogen and oxygen atoms in total. The maximum Gasteiger partial charge on any atom is 0.410 e. The predicted molar refractivity (Wildman–Crippen MR) is 71.6 cm³/mol. The Bertz CT molecular complexity index is 459. The highest BCUT2D eigenvalue weighted by molar-refractivity contribution is 7.86. The van der Waals surface area contributed by atoms with E-state index >= 15 is 0 Å². The van der Waals surface area contributed by atoms with Crippen LogP contribution in [0.4, 0.5) is 8.68 Å². The van der Waals surface area contributed by atoms with Crippen molar-refractivity contribution in [3.8, 4) is 0 Å². The van der Waals surface area contributed by atoms with E-state index in [1.165, 1.54) is 12.0 Å². The molecule has 118 valence electrons. The van der Waals surface area contributed by atoms with Crippen LogP contribution in [0.3, 0.4) is 0 Å². The van der Waals surface area contributed by atoms with Gasteiger partial charge in [-0.25, -0.2) is 4.79 Å². The van der Waals surface area contributed by atoms with Gasteiger partial charge in [0.05, 0.1) is 12.4 Å². The average molecular weight is 311 g/mol. The molecule has 0 spiro atoms. The number of rotatable bonds is 4. The third kappa shape index (κ3) is 5.24. The molecule has 0 saturated carbocycles. The van der Waals surface area contributed by atoms with Crippen LogP contribution >= 0.6 is 0 Å². The monoisotopic (exact) mass is 311 g/mol. The van der Waals surface area contributed by atoms with Crippen LogP contribution in [0.1, 0.15) is 27.2 Å². The normalized spacial score (nSPS) is 23.9. The number of likely N-dealkylation sites (tertiary alicyclic amines) is 1. The molecule has 1 rings (SSSR count). The molecule has 0 bridgehead atoms. The van der Waals surface area contributed by atoms with Gasteiger partial charge in [-0.1, -0.05) is 0 Å². The van der Waals surface area contributed by atoms with E-state index in [1.807, 2.05) is 0 Å². The Hall–Kier alpha value is -0.890. The number of amides is 1. The van der Waals surface area contributed by atoms with Gasteiger partial charge in [-0.15, -0.1) is 3.89 Å². The Morgan fingerprint density at radius 2 is 2.00 bits per heavy atom. The number of hydrogen-bond donors (Lipinski definition) is 0. The van der Waals surface area contributed by atoms with Crippen molar-refractivity contribution >= 4 is 16.3 Å². The molecule has 1 aliphatic heterocycles. The van der Waals surface area contributed by atoms with Gasteiger partial charge in [-0.05, 0) is 27.2 Å². The van der Waals surface area contributed by atoms with Crippen LogP contribution in [-0.2, 0) is 19.7 Å². The molecule has 20 heavy (non-hydrogen) atoms. The highest BCUT2D eigenvalue weighted by Gasteiger charge is 2.44. The molecule has 1 saturated heterocycles. The molecule has 1 fully saturated rings. The zero-order chi connectivity index (χ0) is 15.6. The molecule has 1 aliphatic rings. The highest BCUT2D eigenvalue weighted by atomic mass is 32.3. The third-order valence-corrected chi connectivity index (χ3v) is 3.98. The molecule has 0 aromatic carbocycles. The molecule has 0 aliphatic carbocycles. The molecule has 0 N–H and O–H groups in total. The molecule has 0 radical (unpaired) electrons. The van der Waals surface area contributed by atoms with Crippen molar-refractivity contribution in [1.29, 1.82) is 0 Å². The van der Waals surface area contributed by atoms with Gasteiger partial charge in [-0.3, -0.25) is 0 Å². The minimum absolute atomic E-state index is 0.0788. The smallest absolute Gasteiger partial charge is 0.410 e. The Morgan fingerprint density at radius 3 is 2.45 bits per heavy atom. The van der Waals surface area contributed by atoms with E-state index in [0.717, 1.165) is 0 Å². The molecular formula is C12H22FNO5S. The van der Waals surface area contributed by atoms with Crippen molar-refractivity contribution in [2.75, 3.05) is 32.6 Å². The van der Waals surface area contributed by atoms with Crippen molar-refractivity contribution in [2.45, 2.75) is 32.8 Å². The van der Waals surface area contributed by atoms with E-state index in [1.54, 1.807) is 20.8 Å². The van der Waals surface area contributed by atoms with Gasteiger partial charge in [0, 0.05) is 25.6 Å². The van der Waals surface area contributed by atoms with Crippen LogP contribution in [0.2, 0.25) is 0 Å². The van der Waals surface area contributed by atoms with Crippen molar-refractivity contribution < 1.29 is 26.6 Å². The number of methoxy groups -OCH3 is 1. The number of carbonyl (C=O) groups is 1. The van der Waals surface area contributed by atoms with E-state index in [4.69, 9.17) is 9.47 Å². The summed E-state index contributed by atoms with van der Waals surface area (Å²) in [5.74, 6) is -0.646. The molecule has 1 atom stereocenters. The number of halogens is 1. The lowest BCUT2D eigenvalue weighted by Crippen LogP contribution is -2.40. The molecule has 0 aromatic rings. The van der Waals surface area contributed by atoms with E-state index in [9.17, 15) is 17.1 Å². The van der Waals surface area contributed by atoms with Gasteiger partial charge in [0.2, 0.25) is 0 Å². The summed E-state index contributed by atoms with van der Waals surface area (Å²) in [6, 6.07) is 0. The molecule has 1 amide bonds. The Kier molecular flexibility index (Phi) is 5.02. The summed E-state index contributed by atoms with van der Waals surface area (Å²) < 4.78 is 45.0. The van der Waals surface area contributed by atoms with Crippen LogP contribution in [0.25, 0.3) is 0 Å². The summed E-state index contributed by atoms with van der Waals surface area (Å²) in [7, 11) is -3.21. The summed E-state index contributed by atoms with van der Waals surface area (Å²) >= 11 is 0. The standard InChI is InChI=1S/C12H22FNO5S/c1-11(2,3)19-10(15)14-6-5-12(7-14,8-18-4)9-20(13,16)17/h5-9H2,1-4H3. The van der Waals surface area contributed by atoms with Crippen molar-refractivity contribution in [2.24, 2.45) is 5.41 Å². The Balaban J connectivity index is 2.77. The lowest BCUT2D eigenvalue weighted by molar-refractivity contribution is 0.0249. The van der Waals surface area contributed by atoms with Crippen LogP contribution in [0.5, 0.6) is 0 Å². The first-order valence-electron chi connectivity index (χ1n) is 6.36. The van der Waals surface area contributed by atoms with Gasteiger partial charge < -0.3 is 14.4 Å². The molecule has 0 aromatic heterocycles. The minimum Gasteiger partial charge on any atom is -0.444 e. The van der Waals surface area contributed by atoms with Crippen LogP contribution < -0.4 is 0 Å². The average Bonchev–Trinajstić information content (AvgIpc) is 2.57. The lowest BCUT2D eigenvalue weighted by Gasteiger charge is -2.28. The zero-order valence-electron chi connectivity index (χ0n) is 12.3. The van der Waals surface area contributed by atoms with E-state index in [-0.39, 0.29) is 13.2 Å². The quantitative estimate of drug-likeness (QED) is 0.737. The molecule has 8 heteroatoms. The fourth-order valence-electron chi connectivity index (χ4n) is 2.37. The van der Waals surface area contributed by atoms with Crippen molar-refractivity contribution in [3.05, 3.63) is 0 Å². The van der Waals surface area contributed by atoms with E-state index in [0.29, 0.717) is 13.0 Å². The number of carbonyl (C=O) groups excluding carboxylic acids is 1. The van der Waals surface area contributed by atoms with E-state index < -0.39 is 33.1 Å². The molecule has 1 unspecified atom stereocenters. The molecular weight excluding hydrogens is 289 g/mol. The molecule has 1 heterocycles. The minimum atomic E-state index is -4.63. The highest BCUT2D eigenvalue weighted by Crippen LogP contribution is 2.33. The summed E-state index contributed by atoms with van der Waals surface area (Å²) in [6.45, 7) is 5.75. The van der Waals surface area contributed by atoms with E-state index in [2.05, 4.69) is 0 Å². The van der Waals surface area contributed by atoms with Gasteiger partial charge in [0.15, 0.2) is 0 Å². The van der Waals surface area contributed by atoms with Crippen LogP contribution in [0, 0.1) is 5.41 Å². The summed E-state index contributed by atoms with van der Waals surface area (Å²) in [5, 5.41) is 0. The van der Waals surface area contributed by atoms with Crippen LogP contribution in [0.15, 0.2) is 0 Å². The van der Waals surface area contributed by atoms with Crippen molar-refractivity contribution in [1.82, 2.24) is 4.90 Å². The van der Waals surface area contributed by atoms with Gasteiger partial charge >= 0.3 is 16.3 Å². The van der Waals surface area contributed by atoms with Gasteiger partial charge in [0.25, 0.3) is 0 Å². The zero-order valence-corrected chi connectivity index (χ0v) is 13.1. The topological polar surface area (TPSA) is 72.9 Å². The largest absolute Gasteiger partial charge is 0.444 e. The Labute approximate surface area is 119 Å². The second-order valence-corrected chi connectivity index (χ2v) is 7.63. The third-order valence-electron chi connectivity index (χ3n) is 3.02. The number of hydrogen-bond acceptors (Lipinski definition) is 5. The fourth-order valence-corrected chi connectivity index (χ4v) is 3.42. The van der Waals surface area contributed by atoms with Crippen LogP contribution in [-0.4, -0.2) is 57.6 Å². The number of nitrogens with zero attached hydrogens (tertiary/aromatic N) is 1. The first-order valence-corrected chi connectivity index (χ1v) is 7.91. The van der Waals surface area contributed by atoms with Crippen molar-refractivity contribution in [3.63, 3.8) is 0 Å². The fraction of sp³-hybridized carbons (Fsp3) is 0.917. The maximum atomic E-state index is 13.0. The second-order valence-electron chi connectivity index (χ2n) is 6.27. The first-order chi connectivity index (χ1) is 8.96.